The molecule has 1 aromatic heterocycles. The first-order valence-corrected chi connectivity index (χ1v) is 8.18. The second-order valence-corrected chi connectivity index (χ2v) is 6.29. The van der Waals surface area contributed by atoms with E-state index in [4.69, 9.17) is 25.8 Å². The van der Waals surface area contributed by atoms with Crippen LogP contribution in [0.5, 0.6) is 0 Å². The molecular weight excluding hydrogens is 334 g/mol. The molecule has 0 spiro atoms. The van der Waals surface area contributed by atoms with Crippen molar-refractivity contribution in [3.05, 3.63) is 28.7 Å². The number of anilines is 1. The van der Waals surface area contributed by atoms with Crippen molar-refractivity contribution in [2.24, 2.45) is 0 Å². The zero-order valence-corrected chi connectivity index (χ0v) is 14.6. The lowest BCUT2D eigenvalue weighted by Crippen LogP contribution is -2.39. The number of hydrogen-bond acceptors (Lipinski definition) is 7. The Kier molecular flexibility index (Phi) is 4.76. The van der Waals surface area contributed by atoms with Gasteiger partial charge in [0.05, 0.1) is 19.8 Å². The quantitative estimate of drug-likeness (QED) is 0.621. The maximum atomic E-state index is 11.9. The molecule has 1 aliphatic heterocycles. The van der Waals surface area contributed by atoms with Crippen molar-refractivity contribution in [1.82, 2.24) is 9.97 Å². The molecule has 0 bridgehead atoms. The Hall–Kier alpha value is -1.70. The number of halogens is 1. The molecule has 2 unspecified atom stereocenters. The van der Waals surface area contributed by atoms with Crippen LogP contribution in [0.3, 0.4) is 0 Å². The van der Waals surface area contributed by atoms with Gasteiger partial charge in [-0.3, -0.25) is 0 Å². The Morgan fingerprint density at radius 2 is 2.21 bits per heavy atom. The summed E-state index contributed by atoms with van der Waals surface area (Å²) in [4.78, 5) is 20.6. The first-order chi connectivity index (χ1) is 11.5. The molecule has 0 aromatic carbocycles. The molecule has 130 valence electrons. The van der Waals surface area contributed by atoms with Crippen LogP contribution in [0.25, 0.3) is 0 Å². The zero-order chi connectivity index (χ0) is 17.3. The highest BCUT2D eigenvalue weighted by Crippen LogP contribution is 2.40. The summed E-state index contributed by atoms with van der Waals surface area (Å²) in [6, 6.07) is 0. The van der Waals surface area contributed by atoms with Crippen molar-refractivity contribution in [3.8, 4) is 0 Å². The smallest absolute Gasteiger partial charge is 0.358 e. The highest BCUT2D eigenvalue weighted by Gasteiger charge is 2.35. The SMILES string of the molecule is COC(=O)c1nc(C2CC2)nc(NCC2(OC)C=CC(C)O2)c1Cl. The van der Waals surface area contributed by atoms with Crippen LogP contribution >= 0.6 is 11.6 Å². The van der Waals surface area contributed by atoms with Crippen LogP contribution in [0.2, 0.25) is 5.02 Å². The van der Waals surface area contributed by atoms with Crippen LogP contribution in [-0.2, 0) is 14.2 Å². The van der Waals surface area contributed by atoms with Gasteiger partial charge in [-0.25, -0.2) is 14.8 Å². The number of ether oxygens (including phenoxy) is 3. The third-order valence-corrected chi connectivity index (χ3v) is 4.40. The number of carbonyl (C=O) groups excluding carboxylic acids is 1. The van der Waals surface area contributed by atoms with E-state index in [1.54, 1.807) is 7.11 Å². The molecule has 7 nitrogen and oxygen atoms in total. The Bertz CT molecular complexity index is 678. The molecule has 8 heteroatoms. The summed E-state index contributed by atoms with van der Waals surface area (Å²) in [5.74, 6) is -0.226. The molecule has 2 aliphatic rings. The maximum absolute atomic E-state index is 11.9. The number of hydrogen-bond donors (Lipinski definition) is 1. The van der Waals surface area contributed by atoms with Crippen molar-refractivity contribution in [2.75, 3.05) is 26.1 Å². The lowest BCUT2D eigenvalue weighted by atomic mass is 10.2. The molecule has 1 fully saturated rings. The molecular formula is C16H20ClN3O4. The van der Waals surface area contributed by atoms with Crippen LogP contribution in [0, 0.1) is 0 Å². The predicted octanol–water partition coefficient (Wildman–Crippen LogP) is 2.52. The van der Waals surface area contributed by atoms with Crippen molar-refractivity contribution >= 4 is 23.4 Å². The van der Waals surface area contributed by atoms with Crippen LogP contribution in [-0.4, -0.2) is 48.6 Å². The minimum Gasteiger partial charge on any atom is -0.464 e. The van der Waals surface area contributed by atoms with Crippen LogP contribution in [0.4, 0.5) is 5.82 Å². The van der Waals surface area contributed by atoms with Crippen molar-refractivity contribution in [2.45, 2.75) is 37.6 Å². The molecule has 0 saturated heterocycles. The molecule has 0 radical (unpaired) electrons. The van der Waals surface area contributed by atoms with Gasteiger partial charge in [0.2, 0.25) is 5.79 Å². The summed E-state index contributed by atoms with van der Waals surface area (Å²) >= 11 is 6.29. The van der Waals surface area contributed by atoms with Gasteiger partial charge in [0.15, 0.2) is 5.69 Å². The van der Waals surface area contributed by atoms with Crippen molar-refractivity contribution in [3.63, 3.8) is 0 Å². The predicted molar refractivity (Wildman–Crippen MR) is 88.3 cm³/mol. The number of nitrogens with zero attached hydrogens (tertiary/aromatic N) is 2. The Morgan fingerprint density at radius 3 is 2.75 bits per heavy atom. The van der Waals surface area contributed by atoms with E-state index in [-0.39, 0.29) is 22.7 Å². The molecule has 1 aromatic rings. The molecule has 24 heavy (non-hydrogen) atoms. The van der Waals surface area contributed by atoms with Crippen LogP contribution in [0.1, 0.15) is 42.0 Å². The van der Waals surface area contributed by atoms with Gasteiger partial charge < -0.3 is 19.5 Å². The topological polar surface area (TPSA) is 82.6 Å². The van der Waals surface area contributed by atoms with Crippen LogP contribution < -0.4 is 5.32 Å². The van der Waals surface area contributed by atoms with Gasteiger partial charge in [-0.1, -0.05) is 17.7 Å². The zero-order valence-electron chi connectivity index (χ0n) is 13.8. The van der Waals surface area contributed by atoms with E-state index >= 15 is 0 Å². The number of nitrogens with one attached hydrogen (secondary N) is 1. The number of aromatic nitrogens is 2. The molecule has 3 rings (SSSR count). The average Bonchev–Trinajstić information content (AvgIpc) is 3.37. The van der Waals surface area contributed by atoms with Gasteiger partial charge in [0, 0.05) is 13.0 Å². The number of methoxy groups -OCH3 is 2. The highest BCUT2D eigenvalue weighted by atomic mass is 35.5. The fraction of sp³-hybridized carbons (Fsp3) is 0.562. The van der Waals surface area contributed by atoms with E-state index < -0.39 is 11.8 Å². The van der Waals surface area contributed by atoms with Crippen molar-refractivity contribution < 1.29 is 19.0 Å². The van der Waals surface area contributed by atoms with E-state index in [0.717, 1.165) is 12.8 Å². The average molecular weight is 354 g/mol. The standard InChI is InChI=1S/C16H20ClN3O4/c1-9-6-7-16(23-3,24-9)8-18-14-11(17)12(15(21)22-2)19-13(20-14)10-4-5-10/h6-7,9-10H,4-5,8H2,1-3H3,(H,18,19,20). The van der Waals surface area contributed by atoms with E-state index in [2.05, 4.69) is 15.3 Å². The lowest BCUT2D eigenvalue weighted by molar-refractivity contribution is -0.179. The Morgan fingerprint density at radius 1 is 1.46 bits per heavy atom. The number of esters is 1. The third kappa shape index (κ3) is 3.38. The summed E-state index contributed by atoms with van der Waals surface area (Å²) in [5, 5.41) is 3.25. The van der Waals surface area contributed by atoms with Gasteiger partial charge in [0.25, 0.3) is 0 Å². The summed E-state index contributed by atoms with van der Waals surface area (Å²) < 4.78 is 16.0. The van der Waals surface area contributed by atoms with Crippen LogP contribution in [0.15, 0.2) is 12.2 Å². The minimum atomic E-state index is -0.890. The second-order valence-electron chi connectivity index (χ2n) is 5.91. The third-order valence-electron chi connectivity index (χ3n) is 4.04. The monoisotopic (exact) mass is 353 g/mol. The lowest BCUT2D eigenvalue weighted by Gasteiger charge is -2.27. The normalized spacial score (nSPS) is 25.8. The fourth-order valence-electron chi connectivity index (χ4n) is 2.51. The van der Waals surface area contributed by atoms with Gasteiger partial charge >= 0.3 is 5.97 Å². The molecule has 2 heterocycles. The van der Waals surface area contributed by atoms with Gasteiger partial charge in [-0.05, 0) is 25.8 Å². The maximum Gasteiger partial charge on any atom is 0.358 e. The van der Waals surface area contributed by atoms with Crippen molar-refractivity contribution in [1.29, 1.82) is 0 Å². The van der Waals surface area contributed by atoms with E-state index in [0.29, 0.717) is 18.2 Å². The van der Waals surface area contributed by atoms with Gasteiger partial charge in [0.1, 0.15) is 16.7 Å². The molecule has 1 aliphatic carbocycles. The fourth-order valence-corrected chi connectivity index (χ4v) is 2.74. The van der Waals surface area contributed by atoms with Gasteiger partial charge in [-0.15, -0.1) is 0 Å². The van der Waals surface area contributed by atoms with Gasteiger partial charge in [-0.2, -0.15) is 0 Å². The second kappa shape index (κ2) is 6.66. The molecule has 0 amide bonds. The summed E-state index contributed by atoms with van der Waals surface area (Å²) in [7, 11) is 2.87. The highest BCUT2D eigenvalue weighted by molar-refractivity contribution is 6.35. The van der Waals surface area contributed by atoms with E-state index in [9.17, 15) is 4.79 Å². The first-order valence-electron chi connectivity index (χ1n) is 7.80. The largest absolute Gasteiger partial charge is 0.464 e. The summed E-state index contributed by atoms with van der Waals surface area (Å²) in [6.07, 6.45) is 5.74. The Labute approximate surface area is 145 Å². The number of carbonyl (C=O) groups is 1. The van der Waals surface area contributed by atoms with E-state index in [1.807, 2.05) is 19.1 Å². The first kappa shape index (κ1) is 17.1. The molecule has 1 N–H and O–H groups in total. The number of rotatable bonds is 6. The van der Waals surface area contributed by atoms with E-state index in [1.165, 1.54) is 7.11 Å². The minimum absolute atomic E-state index is 0.0414. The summed E-state index contributed by atoms with van der Waals surface area (Å²) in [6.45, 7) is 2.22. The molecule has 2 atom stereocenters. The molecule has 1 saturated carbocycles. The Balaban J connectivity index is 1.85. The summed E-state index contributed by atoms with van der Waals surface area (Å²) in [5.41, 5.74) is 0.0706.